The lowest BCUT2D eigenvalue weighted by atomic mass is 10.2. The Hall–Kier alpha value is -0.910. The lowest BCUT2D eigenvalue weighted by molar-refractivity contribution is 0.116. The van der Waals surface area contributed by atoms with Crippen molar-refractivity contribution in [3.8, 4) is 0 Å². The van der Waals surface area contributed by atoms with E-state index in [0.29, 0.717) is 18.7 Å². The highest BCUT2D eigenvalue weighted by Gasteiger charge is 2.31. The van der Waals surface area contributed by atoms with Gasteiger partial charge in [-0.05, 0) is 45.7 Å². The Bertz CT molecular complexity index is 435. The second-order valence-electron chi connectivity index (χ2n) is 6.10. The molecule has 1 N–H and O–H groups in total. The van der Waals surface area contributed by atoms with Crippen LogP contribution in [-0.4, -0.2) is 58.2 Å². The number of hydrogen-bond donors (Lipinski definition) is 1. The molecule has 112 valence electrons. The minimum Gasteiger partial charge on any atom is -0.445 e. The van der Waals surface area contributed by atoms with E-state index in [0.717, 1.165) is 44.3 Å². The van der Waals surface area contributed by atoms with Crippen molar-refractivity contribution in [2.24, 2.45) is 0 Å². The van der Waals surface area contributed by atoms with Crippen molar-refractivity contribution < 1.29 is 9.52 Å². The van der Waals surface area contributed by atoms with Crippen LogP contribution in [0.2, 0.25) is 0 Å². The number of nitrogens with zero attached hydrogens (tertiary/aromatic N) is 3. The topological polar surface area (TPSA) is 52.7 Å². The van der Waals surface area contributed by atoms with Crippen molar-refractivity contribution >= 4 is 0 Å². The Morgan fingerprint density at radius 2 is 2.00 bits per heavy atom. The first-order chi connectivity index (χ1) is 9.76. The van der Waals surface area contributed by atoms with Gasteiger partial charge in [-0.25, -0.2) is 4.98 Å². The zero-order chi connectivity index (χ0) is 13.9. The molecular formula is C15H25N3O2. The van der Waals surface area contributed by atoms with E-state index in [4.69, 9.17) is 4.42 Å². The van der Waals surface area contributed by atoms with Crippen LogP contribution in [0.15, 0.2) is 10.6 Å². The second-order valence-corrected chi connectivity index (χ2v) is 6.10. The predicted molar refractivity (Wildman–Crippen MR) is 76.4 cm³/mol. The third kappa shape index (κ3) is 3.05. The number of likely N-dealkylation sites (tertiary alicyclic amines) is 2. The van der Waals surface area contributed by atoms with Gasteiger partial charge in [0.2, 0.25) is 5.89 Å². The van der Waals surface area contributed by atoms with Gasteiger partial charge in [-0.15, -0.1) is 0 Å². The van der Waals surface area contributed by atoms with Gasteiger partial charge < -0.3 is 9.52 Å². The standard InChI is InChI=1S/C15H25N3O2/c1-12-8-16-15(20-12)10-18-7-2-4-13(18)9-17-6-3-5-14(17)11-19/h8,13-14,19H,2-7,9-11H2,1H3/t13-,14-/m1/s1. The van der Waals surface area contributed by atoms with Crippen molar-refractivity contribution in [1.29, 1.82) is 0 Å². The summed E-state index contributed by atoms with van der Waals surface area (Å²) in [5.41, 5.74) is 0. The van der Waals surface area contributed by atoms with Crippen LogP contribution in [0.5, 0.6) is 0 Å². The van der Waals surface area contributed by atoms with Crippen LogP contribution in [0, 0.1) is 6.92 Å². The molecule has 5 heteroatoms. The van der Waals surface area contributed by atoms with E-state index in [1.807, 2.05) is 6.92 Å². The molecule has 20 heavy (non-hydrogen) atoms. The van der Waals surface area contributed by atoms with Gasteiger partial charge in [0.05, 0.1) is 19.3 Å². The lowest BCUT2D eigenvalue weighted by Gasteiger charge is -2.30. The molecule has 1 aromatic heterocycles. The molecule has 2 fully saturated rings. The molecule has 0 saturated carbocycles. The molecular weight excluding hydrogens is 254 g/mol. The first kappa shape index (κ1) is 14.0. The molecule has 0 aliphatic carbocycles. The molecule has 3 rings (SSSR count). The number of rotatable bonds is 5. The van der Waals surface area contributed by atoms with E-state index in [1.54, 1.807) is 6.20 Å². The molecule has 3 heterocycles. The third-order valence-electron chi connectivity index (χ3n) is 4.66. The zero-order valence-electron chi connectivity index (χ0n) is 12.3. The number of aliphatic hydroxyl groups excluding tert-OH is 1. The normalized spacial score (nSPS) is 28.5. The molecule has 2 aliphatic heterocycles. The van der Waals surface area contributed by atoms with Crippen LogP contribution in [0.3, 0.4) is 0 Å². The van der Waals surface area contributed by atoms with Gasteiger partial charge in [0, 0.05) is 18.6 Å². The van der Waals surface area contributed by atoms with Crippen LogP contribution in [0.4, 0.5) is 0 Å². The van der Waals surface area contributed by atoms with Crippen LogP contribution < -0.4 is 0 Å². The molecule has 0 unspecified atom stereocenters. The minimum atomic E-state index is 0.297. The van der Waals surface area contributed by atoms with E-state index in [9.17, 15) is 5.11 Å². The number of hydrogen-bond acceptors (Lipinski definition) is 5. The van der Waals surface area contributed by atoms with E-state index >= 15 is 0 Å². The van der Waals surface area contributed by atoms with Crippen LogP contribution in [-0.2, 0) is 6.54 Å². The smallest absolute Gasteiger partial charge is 0.208 e. The van der Waals surface area contributed by atoms with Crippen LogP contribution >= 0.6 is 0 Å². The third-order valence-corrected chi connectivity index (χ3v) is 4.66. The highest BCUT2D eigenvalue weighted by Crippen LogP contribution is 2.24. The molecule has 0 bridgehead atoms. The second kappa shape index (κ2) is 6.24. The Morgan fingerprint density at radius 1 is 1.25 bits per heavy atom. The average Bonchev–Trinajstić information content (AvgIpc) is 3.14. The first-order valence-corrected chi connectivity index (χ1v) is 7.76. The fourth-order valence-electron chi connectivity index (χ4n) is 3.57. The molecule has 5 nitrogen and oxygen atoms in total. The summed E-state index contributed by atoms with van der Waals surface area (Å²) in [5.74, 6) is 1.71. The Morgan fingerprint density at radius 3 is 2.70 bits per heavy atom. The summed E-state index contributed by atoms with van der Waals surface area (Å²) in [6.07, 6.45) is 6.65. The lowest BCUT2D eigenvalue weighted by Crippen LogP contribution is -2.43. The minimum absolute atomic E-state index is 0.297. The first-order valence-electron chi connectivity index (χ1n) is 7.76. The average molecular weight is 279 g/mol. The summed E-state index contributed by atoms with van der Waals surface area (Å²) < 4.78 is 5.60. The van der Waals surface area contributed by atoms with E-state index < -0.39 is 0 Å². The van der Waals surface area contributed by atoms with Gasteiger partial charge in [-0.1, -0.05) is 0 Å². The Balaban J connectivity index is 1.58. The maximum absolute atomic E-state index is 9.43. The molecule has 0 aromatic carbocycles. The van der Waals surface area contributed by atoms with Crippen molar-refractivity contribution in [2.45, 2.75) is 51.2 Å². The number of aromatic nitrogens is 1. The molecule has 2 saturated heterocycles. The molecule has 2 atom stereocenters. The number of aliphatic hydroxyl groups is 1. The molecule has 0 radical (unpaired) electrons. The van der Waals surface area contributed by atoms with Gasteiger partial charge in [-0.2, -0.15) is 0 Å². The molecule has 1 aromatic rings. The van der Waals surface area contributed by atoms with Gasteiger partial charge in [-0.3, -0.25) is 9.80 Å². The quantitative estimate of drug-likeness (QED) is 0.883. The summed E-state index contributed by atoms with van der Waals surface area (Å²) in [7, 11) is 0. The summed E-state index contributed by atoms with van der Waals surface area (Å²) in [5, 5.41) is 9.43. The van der Waals surface area contributed by atoms with E-state index in [1.165, 1.54) is 19.3 Å². The van der Waals surface area contributed by atoms with Crippen molar-refractivity contribution in [2.75, 3.05) is 26.2 Å². The number of oxazole rings is 1. The largest absolute Gasteiger partial charge is 0.445 e. The summed E-state index contributed by atoms with van der Waals surface area (Å²) in [6, 6.07) is 0.954. The van der Waals surface area contributed by atoms with E-state index in [-0.39, 0.29) is 0 Å². The molecule has 0 spiro atoms. The van der Waals surface area contributed by atoms with Crippen molar-refractivity contribution in [3.63, 3.8) is 0 Å². The van der Waals surface area contributed by atoms with Crippen molar-refractivity contribution in [3.05, 3.63) is 17.8 Å². The summed E-state index contributed by atoms with van der Waals surface area (Å²) >= 11 is 0. The maximum atomic E-state index is 9.43. The van der Waals surface area contributed by atoms with Crippen LogP contribution in [0.25, 0.3) is 0 Å². The monoisotopic (exact) mass is 279 g/mol. The molecule has 2 aliphatic rings. The van der Waals surface area contributed by atoms with Gasteiger partial charge in [0.15, 0.2) is 0 Å². The Labute approximate surface area is 120 Å². The fraction of sp³-hybridized carbons (Fsp3) is 0.800. The van der Waals surface area contributed by atoms with Gasteiger partial charge >= 0.3 is 0 Å². The SMILES string of the molecule is Cc1cnc(CN2CCC[C@@H]2CN2CCC[C@@H]2CO)o1. The molecule has 0 amide bonds. The van der Waals surface area contributed by atoms with Crippen molar-refractivity contribution in [1.82, 2.24) is 14.8 Å². The van der Waals surface area contributed by atoms with Crippen LogP contribution in [0.1, 0.15) is 37.3 Å². The van der Waals surface area contributed by atoms with E-state index in [2.05, 4.69) is 14.8 Å². The fourth-order valence-corrected chi connectivity index (χ4v) is 3.57. The highest BCUT2D eigenvalue weighted by atomic mass is 16.4. The summed E-state index contributed by atoms with van der Waals surface area (Å²) in [4.78, 5) is 9.26. The zero-order valence-corrected chi connectivity index (χ0v) is 12.3. The van der Waals surface area contributed by atoms with Gasteiger partial charge in [0.1, 0.15) is 5.76 Å². The van der Waals surface area contributed by atoms with Gasteiger partial charge in [0.25, 0.3) is 0 Å². The Kier molecular flexibility index (Phi) is 4.38. The predicted octanol–water partition coefficient (Wildman–Crippen LogP) is 1.40. The highest BCUT2D eigenvalue weighted by molar-refractivity contribution is 4.93. The summed E-state index contributed by atoms with van der Waals surface area (Å²) in [6.45, 7) is 6.39. The maximum Gasteiger partial charge on any atom is 0.208 e. The number of aryl methyl sites for hydroxylation is 1.